The molecule has 0 N–H and O–H groups in total. The Kier molecular flexibility index (Phi) is 7.10. The van der Waals surface area contributed by atoms with E-state index in [0.717, 1.165) is 25.9 Å². The number of hydrogen-bond donors (Lipinski definition) is 0. The molecule has 0 aliphatic carbocycles. The summed E-state index contributed by atoms with van der Waals surface area (Å²) in [6, 6.07) is 10.2. The molecule has 1 unspecified atom stereocenters. The van der Waals surface area contributed by atoms with E-state index in [0.29, 0.717) is 19.6 Å². The molecule has 2 rings (SSSR count). The number of likely N-dealkylation sites (tertiary alicyclic amines) is 1. The molecular formula is C17H28NO3P. The lowest BCUT2D eigenvalue weighted by Gasteiger charge is -2.37. The first kappa shape index (κ1) is 17.7. The molecule has 1 aromatic rings. The highest BCUT2D eigenvalue weighted by molar-refractivity contribution is 7.54. The van der Waals surface area contributed by atoms with Crippen LogP contribution in [0.3, 0.4) is 0 Å². The summed E-state index contributed by atoms with van der Waals surface area (Å²) in [5, 5.41) is 0. The second-order valence-corrected chi connectivity index (χ2v) is 7.83. The molecule has 5 heteroatoms. The molecule has 124 valence electrons. The van der Waals surface area contributed by atoms with Gasteiger partial charge < -0.3 is 9.05 Å². The first-order valence-electron chi connectivity index (χ1n) is 8.36. The van der Waals surface area contributed by atoms with E-state index >= 15 is 0 Å². The van der Waals surface area contributed by atoms with Crippen molar-refractivity contribution >= 4 is 7.60 Å². The van der Waals surface area contributed by atoms with Gasteiger partial charge in [0.15, 0.2) is 0 Å². The molecule has 1 aliphatic heterocycles. The Morgan fingerprint density at radius 2 is 1.64 bits per heavy atom. The average molecular weight is 325 g/mol. The van der Waals surface area contributed by atoms with Gasteiger partial charge in [-0.2, -0.15) is 0 Å². The van der Waals surface area contributed by atoms with E-state index in [1.54, 1.807) is 0 Å². The van der Waals surface area contributed by atoms with Gasteiger partial charge in [0, 0.05) is 0 Å². The van der Waals surface area contributed by atoms with Crippen LogP contribution in [0.5, 0.6) is 0 Å². The van der Waals surface area contributed by atoms with Crippen LogP contribution in [0.25, 0.3) is 0 Å². The highest BCUT2D eigenvalue weighted by Gasteiger charge is 2.40. The van der Waals surface area contributed by atoms with Crippen LogP contribution < -0.4 is 0 Å². The van der Waals surface area contributed by atoms with Gasteiger partial charge in [0.1, 0.15) is 5.78 Å². The second-order valence-electron chi connectivity index (χ2n) is 5.64. The summed E-state index contributed by atoms with van der Waals surface area (Å²) >= 11 is 0. The predicted octanol–water partition coefficient (Wildman–Crippen LogP) is 4.31. The van der Waals surface area contributed by atoms with Crippen LogP contribution in [-0.2, 0) is 20.0 Å². The Morgan fingerprint density at radius 3 is 2.18 bits per heavy atom. The van der Waals surface area contributed by atoms with Gasteiger partial charge in [0.25, 0.3) is 0 Å². The van der Waals surface area contributed by atoms with Crippen LogP contribution in [0.4, 0.5) is 0 Å². The van der Waals surface area contributed by atoms with Crippen molar-refractivity contribution in [3.8, 4) is 0 Å². The number of benzene rings is 1. The number of rotatable bonds is 8. The third-order valence-electron chi connectivity index (χ3n) is 4.06. The molecule has 22 heavy (non-hydrogen) atoms. The number of hydrogen-bond acceptors (Lipinski definition) is 4. The topological polar surface area (TPSA) is 38.8 Å². The summed E-state index contributed by atoms with van der Waals surface area (Å²) in [5.41, 5.74) is 1.18. The molecule has 1 heterocycles. The van der Waals surface area contributed by atoms with E-state index in [1.165, 1.54) is 12.0 Å². The summed E-state index contributed by atoms with van der Waals surface area (Å²) in [7, 11) is -3.14. The Hall–Kier alpha value is -0.670. The van der Waals surface area contributed by atoms with Gasteiger partial charge in [0.2, 0.25) is 0 Å². The Balaban J connectivity index is 2.24. The molecule has 4 nitrogen and oxygen atoms in total. The number of piperidine rings is 1. The fourth-order valence-corrected chi connectivity index (χ4v) is 5.26. The minimum atomic E-state index is -3.14. The molecule has 1 atom stereocenters. The Morgan fingerprint density at radius 1 is 1.05 bits per heavy atom. The van der Waals surface area contributed by atoms with Gasteiger partial charge in [0.05, 0.1) is 13.2 Å². The van der Waals surface area contributed by atoms with Crippen molar-refractivity contribution in [3.05, 3.63) is 35.9 Å². The standard InChI is InChI=1S/C17H28NO3P/c1-3-20-22(19,21-4-2)17(18-13-9-6-10-14-18)15-16-11-7-5-8-12-16/h5,7-8,11-12,17H,3-4,6,9-10,13-15H2,1-2H3. The molecule has 1 saturated heterocycles. The van der Waals surface area contributed by atoms with Crippen molar-refractivity contribution in [3.63, 3.8) is 0 Å². The summed E-state index contributed by atoms with van der Waals surface area (Å²) in [6.07, 6.45) is 4.27. The zero-order valence-corrected chi connectivity index (χ0v) is 14.6. The van der Waals surface area contributed by atoms with E-state index in [4.69, 9.17) is 9.05 Å². The Labute approximate surface area is 134 Å². The zero-order valence-electron chi connectivity index (χ0n) is 13.7. The fraction of sp³-hybridized carbons (Fsp3) is 0.647. The molecule has 0 spiro atoms. The van der Waals surface area contributed by atoms with E-state index in [9.17, 15) is 4.57 Å². The molecule has 1 aliphatic rings. The summed E-state index contributed by atoms with van der Waals surface area (Å²) in [4.78, 5) is 2.31. The normalized spacial score (nSPS) is 18.3. The van der Waals surface area contributed by atoms with Crippen molar-refractivity contribution in [1.82, 2.24) is 4.90 Å². The van der Waals surface area contributed by atoms with Crippen LogP contribution in [0.15, 0.2) is 30.3 Å². The molecule has 0 aromatic heterocycles. The summed E-state index contributed by atoms with van der Waals surface area (Å²) in [6.45, 7) is 6.53. The summed E-state index contributed by atoms with van der Waals surface area (Å²) < 4.78 is 24.6. The maximum absolute atomic E-state index is 13.3. The van der Waals surface area contributed by atoms with Crippen LogP contribution in [0, 0.1) is 0 Å². The van der Waals surface area contributed by atoms with E-state index in [1.807, 2.05) is 32.0 Å². The van der Waals surface area contributed by atoms with Gasteiger partial charge >= 0.3 is 7.60 Å². The lowest BCUT2D eigenvalue weighted by Crippen LogP contribution is -2.41. The lowest BCUT2D eigenvalue weighted by molar-refractivity contribution is 0.146. The van der Waals surface area contributed by atoms with Gasteiger partial charge in [-0.05, 0) is 51.8 Å². The van der Waals surface area contributed by atoms with E-state index in [-0.39, 0.29) is 5.78 Å². The minimum Gasteiger partial charge on any atom is -0.308 e. The molecular weight excluding hydrogens is 297 g/mol. The van der Waals surface area contributed by atoms with Crippen LogP contribution in [0.1, 0.15) is 38.7 Å². The van der Waals surface area contributed by atoms with Crippen molar-refractivity contribution in [2.24, 2.45) is 0 Å². The highest BCUT2D eigenvalue weighted by Crippen LogP contribution is 2.55. The molecule has 0 radical (unpaired) electrons. The van der Waals surface area contributed by atoms with Gasteiger partial charge in [-0.25, -0.2) is 0 Å². The van der Waals surface area contributed by atoms with E-state index < -0.39 is 7.60 Å². The maximum Gasteiger partial charge on any atom is 0.347 e. The predicted molar refractivity (Wildman–Crippen MR) is 90.2 cm³/mol. The zero-order chi connectivity index (χ0) is 15.8. The van der Waals surface area contributed by atoms with Crippen molar-refractivity contribution in [2.45, 2.75) is 45.3 Å². The fourth-order valence-electron chi connectivity index (χ4n) is 3.05. The third kappa shape index (κ3) is 4.66. The second kappa shape index (κ2) is 8.83. The van der Waals surface area contributed by atoms with Crippen molar-refractivity contribution in [1.29, 1.82) is 0 Å². The van der Waals surface area contributed by atoms with Crippen LogP contribution in [-0.4, -0.2) is 37.0 Å². The van der Waals surface area contributed by atoms with E-state index in [2.05, 4.69) is 17.0 Å². The van der Waals surface area contributed by atoms with Crippen LogP contribution >= 0.6 is 7.60 Å². The van der Waals surface area contributed by atoms with Gasteiger partial charge in [-0.3, -0.25) is 9.46 Å². The number of nitrogens with zero attached hydrogens (tertiary/aromatic N) is 1. The first-order valence-corrected chi connectivity index (χ1v) is 9.97. The Bertz CT molecular complexity index is 464. The van der Waals surface area contributed by atoms with Crippen molar-refractivity contribution < 1.29 is 13.6 Å². The summed E-state index contributed by atoms with van der Waals surface area (Å²) in [5.74, 6) is -0.185. The van der Waals surface area contributed by atoms with Gasteiger partial charge in [-0.1, -0.05) is 36.8 Å². The average Bonchev–Trinajstić information content (AvgIpc) is 2.55. The molecule has 1 fully saturated rings. The molecule has 1 aromatic carbocycles. The highest BCUT2D eigenvalue weighted by atomic mass is 31.2. The van der Waals surface area contributed by atoms with Crippen molar-refractivity contribution in [2.75, 3.05) is 26.3 Å². The molecule has 0 saturated carbocycles. The van der Waals surface area contributed by atoms with Crippen LogP contribution in [0.2, 0.25) is 0 Å². The molecule has 0 bridgehead atoms. The maximum atomic E-state index is 13.3. The van der Waals surface area contributed by atoms with Gasteiger partial charge in [-0.15, -0.1) is 0 Å². The minimum absolute atomic E-state index is 0.185. The largest absolute Gasteiger partial charge is 0.347 e. The molecule has 0 amide bonds. The quantitative estimate of drug-likeness (QED) is 0.668. The smallest absolute Gasteiger partial charge is 0.308 e. The monoisotopic (exact) mass is 325 g/mol. The first-order chi connectivity index (χ1) is 10.7. The lowest BCUT2D eigenvalue weighted by atomic mass is 10.1. The SMILES string of the molecule is CCOP(=O)(OCC)C(Cc1ccccc1)N1CCCCC1. The third-order valence-corrected chi connectivity index (χ3v) is 6.53.